The van der Waals surface area contributed by atoms with E-state index in [0.717, 1.165) is 11.1 Å². The first-order chi connectivity index (χ1) is 15.8. The number of hydrogen-bond donors (Lipinski definition) is 4. The largest absolute Gasteiger partial charge is 0.507 e. The highest BCUT2D eigenvalue weighted by Gasteiger charge is 2.20. The Kier molecular flexibility index (Phi) is 6.43. The summed E-state index contributed by atoms with van der Waals surface area (Å²) < 4.78 is 26.4. The smallest absolute Gasteiger partial charge is 0.268 e. The Morgan fingerprint density at radius 1 is 0.970 bits per heavy atom. The van der Waals surface area contributed by atoms with E-state index in [1.54, 1.807) is 56.4 Å². The van der Waals surface area contributed by atoms with Gasteiger partial charge in [-0.15, -0.1) is 10.2 Å². The molecule has 0 amide bonds. The van der Waals surface area contributed by atoms with Crippen molar-refractivity contribution >= 4 is 10.6 Å². The second-order valence-corrected chi connectivity index (χ2v) is 10.3. The van der Waals surface area contributed by atoms with E-state index in [2.05, 4.69) is 25.5 Å². The normalized spacial score (nSPS) is 12.3. The summed E-state index contributed by atoms with van der Waals surface area (Å²) in [4.78, 5) is 9.27. The van der Waals surface area contributed by atoms with Gasteiger partial charge in [-0.3, -0.25) is 14.1 Å². The maximum absolute atomic E-state index is 10.3. The van der Waals surface area contributed by atoms with Crippen LogP contribution in [0, 0.1) is 0 Å². The molecule has 0 bridgehead atoms. The standard InChI is InChI=1S/C23H25N5O4S/c1-14(2)33(30,31)17-7-5-16(6-8-17)19-12-25-13-20(26-19)23-28-27-22(32-23)18-9-4-15(11-24-3)10-21(18)29/h4-10,12-14,24,29-31H,11H2,1-3H3. The lowest BCUT2D eigenvalue weighted by atomic mass is 10.1. The first-order valence-corrected chi connectivity index (χ1v) is 11.9. The molecule has 0 saturated carbocycles. The van der Waals surface area contributed by atoms with E-state index in [9.17, 15) is 14.2 Å². The topological polar surface area (TPSA) is 137 Å². The Hall–Kier alpha value is -3.31. The lowest BCUT2D eigenvalue weighted by Crippen LogP contribution is -2.10. The van der Waals surface area contributed by atoms with Gasteiger partial charge in [0.1, 0.15) is 11.4 Å². The van der Waals surface area contributed by atoms with Gasteiger partial charge in [0, 0.05) is 17.4 Å². The molecule has 33 heavy (non-hydrogen) atoms. The molecule has 172 valence electrons. The van der Waals surface area contributed by atoms with Gasteiger partial charge in [-0.25, -0.2) is 4.98 Å². The summed E-state index contributed by atoms with van der Waals surface area (Å²) in [7, 11) is -1.02. The Morgan fingerprint density at radius 3 is 2.33 bits per heavy atom. The van der Waals surface area contributed by atoms with Crippen molar-refractivity contribution in [3.63, 3.8) is 0 Å². The number of phenols is 1. The molecule has 0 spiro atoms. The summed E-state index contributed by atoms with van der Waals surface area (Å²) in [5, 5.41) is 21.2. The molecule has 0 atom stereocenters. The lowest BCUT2D eigenvalue weighted by molar-refractivity contribution is 0.472. The number of nitrogens with one attached hydrogen (secondary N) is 1. The van der Waals surface area contributed by atoms with Gasteiger partial charge < -0.3 is 14.8 Å². The molecule has 0 aliphatic rings. The second-order valence-electron chi connectivity index (χ2n) is 7.75. The van der Waals surface area contributed by atoms with Gasteiger partial charge in [0.15, 0.2) is 0 Å². The SMILES string of the molecule is CNCc1ccc(-c2nnc(-c3cncc(-c4ccc(S(O)(O)C(C)C)cc4)n3)o2)c(O)c1. The molecule has 4 rings (SSSR count). The third kappa shape index (κ3) is 4.74. The predicted octanol–water partition coefficient (Wildman–Crippen LogP) is 4.80. The van der Waals surface area contributed by atoms with E-state index in [4.69, 9.17) is 4.42 Å². The summed E-state index contributed by atoms with van der Waals surface area (Å²) in [5.74, 6) is 0.392. The van der Waals surface area contributed by atoms with E-state index >= 15 is 0 Å². The van der Waals surface area contributed by atoms with Crippen LogP contribution >= 0.6 is 10.6 Å². The van der Waals surface area contributed by atoms with E-state index in [1.165, 1.54) is 6.20 Å². The zero-order valence-corrected chi connectivity index (χ0v) is 19.2. The number of aromatic hydroxyl groups is 1. The van der Waals surface area contributed by atoms with Gasteiger partial charge in [0.05, 0.1) is 28.5 Å². The zero-order chi connectivity index (χ0) is 23.6. The molecule has 2 heterocycles. The van der Waals surface area contributed by atoms with Gasteiger partial charge in [-0.05, 0) is 50.7 Å². The van der Waals surface area contributed by atoms with Crippen LogP contribution in [0.3, 0.4) is 0 Å². The van der Waals surface area contributed by atoms with E-state index in [0.29, 0.717) is 28.4 Å². The minimum Gasteiger partial charge on any atom is -0.507 e. The summed E-state index contributed by atoms with van der Waals surface area (Å²) >= 11 is 0. The fraction of sp³-hybridized carbons (Fsp3) is 0.217. The number of aromatic nitrogens is 4. The average Bonchev–Trinajstić information content (AvgIpc) is 3.29. The molecule has 2 aromatic carbocycles. The molecular weight excluding hydrogens is 442 g/mol. The number of rotatable bonds is 7. The highest BCUT2D eigenvalue weighted by Crippen LogP contribution is 2.52. The van der Waals surface area contributed by atoms with Crippen LogP contribution in [0.25, 0.3) is 34.3 Å². The quantitative estimate of drug-likeness (QED) is 0.302. The highest BCUT2D eigenvalue weighted by atomic mass is 32.3. The van der Waals surface area contributed by atoms with Gasteiger partial charge in [0.25, 0.3) is 11.8 Å². The van der Waals surface area contributed by atoms with Crippen LogP contribution in [0.15, 0.2) is 64.2 Å². The zero-order valence-electron chi connectivity index (χ0n) is 18.4. The van der Waals surface area contributed by atoms with Crippen molar-refractivity contribution in [3.8, 4) is 40.0 Å². The Labute approximate surface area is 192 Å². The molecule has 0 fully saturated rings. The number of phenolic OH excluding ortho intramolecular Hbond substituents is 1. The minimum atomic E-state index is -2.85. The molecule has 0 aliphatic heterocycles. The van der Waals surface area contributed by atoms with Crippen LogP contribution in [0.4, 0.5) is 0 Å². The van der Waals surface area contributed by atoms with Gasteiger partial charge in [-0.1, -0.05) is 18.2 Å². The van der Waals surface area contributed by atoms with Crippen LogP contribution in [-0.2, 0) is 6.54 Å². The summed E-state index contributed by atoms with van der Waals surface area (Å²) in [5.41, 5.74) is 3.06. The van der Waals surface area contributed by atoms with Crippen molar-refractivity contribution in [1.82, 2.24) is 25.5 Å². The van der Waals surface area contributed by atoms with E-state index in [-0.39, 0.29) is 22.8 Å². The Morgan fingerprint density at radius 2 is 1.67 bits per heavy atom. The Balaban J connectivity index is 1.60. The van der Waals surface area contributed by atoms with Crippen LogP contribution < -0.4 is 5.32 Å². The van der Waals surface area contributed by atoms with Gasteiger partial charge in [0.2, 0.25) is 0 Å². The fourth-order valence-corrected chi connectivity index (χ4v) is 4.29. The van der Waals surface area contributed by atoms with Crippen molar-refractivity contribution in [2.24, 2.45) is 0 Å². The van der Waals surface area contributed by atoms with Crippen LogP contribution in [-0.4, -0.2) is 46.7 Å². The molecule has 0 radical (unpaired) electrons. The molecule has 4 aromatic rings. The van der Waals surface area contributed by atoms with Crippen molar-refractivity contribution in [3.05, 3.63) is 60.4 Å². The van der Waals surface area contributed by atoms with Crippen molar-refractivity contribution in [2.75, 3.05) is 7.05 Å². The van der Waals surface area contributed by atoms with Gasteiger partial charge in [-0.2, -0.15) is 10.6 Å². The van der Waals surface area contributed by atoms with Crippen LogP contribution in [0.1, 0.15) is 19.4 Å². The summed E-state index contributed by atoms with van der Waals surface area (Å²) in [6.45, 7) is 4.17. The molecule has 0 aliphatic carbocycles. The maximum Gasteiger partial charge on any atom is 0.268 e. The second kappa shape index (κ2) is 9.28. The summed E-state index contributed by atoms with van der Waals surface area (Å²) in [6.07, 6.45) is 3.11. The van der Waals surface area contributed by atoms with Crippen molar-refractivity contribution in [1.29, 1.82) is 0 Å². The van der Waals surface area contributed by atoms with E-state index in [1.807, 2.05) is 13.1 Å². The van der Waals surface area contributed by atoms with Crippen molar-refractivity contribution < 1.29 is 18.6 Å². The van der Waals surface area contributed by atoms with Crippen LogP contribution in [0.2, 0.25) is 0 Å². The number of nitrogens with zero attached hydrogens (tertiary/aromatic N) is 4. The molecule has 9 nitrogen and oxygen atoms in total. The first-order valence-electron chi connectivity index (χ1n) is 10.3. The fourth-order valence-electron chi connectivity index (χ4n) is 3.21. The number of hydrogen-bond acceptors (Lipinski definition) is 9. The monoisotopic (exact) mass is 467 g/mol. The third-order valence-corrected chi connectivity index (χ3v) is 7.39. The molecular formula is C23H25N5O4S. The Bertz CT molecular complexity index is 1260. The van der Waals surface area contributed by atoms with Crippen molar-refractivity contribution in [2.45, 2.75) is 30.5 Å². The number of benzene rings is 2. The maximum atomic E-state index is 10.3. The minimum absolute atomic E-state index is 0.0465. The highest BCUT2D eigenvalue weighted by molar-refractivity contribution is 8.24. The first kappa shape index (κ1) is 22.9. The summed E-state index contributed by atoms with van der Waals surface area (Å²) in [6, 6.07) is 12.1. The average molecular weight is 468 g/mol. The molecule has 10 heteroatoms. The molecule has 0 saturated heterocycles. The lowest BCUT2D eigenvalue weighted by Gasteiger charge is -2.36. The van der Waals surface area contributed by atoms with Gasteiger partial charge >= 0.3 is 0 Å². The predicted molar refractivity (Wildman–Crippen MR) is 127 cm³/mol. The molecule has 0 unspecified atom stereocenters. The third-order valence-electron chi connectivity index (χ3n) is 5.11. The molecule has 2 aromatic heterocycles. The van der Waals surface area contributed by atoms with Crippen LogP contribution in [0.5, 0.6) is 5.75 Å². The van der Waals surface area contributed by atoms with E-state index < -0.39 is 10.6 Å². The molecule has 4 N–H and O–H groups in total.